The van der Waals surface area contributed by atoms with E-state index in [0.717, 1.165) is 5.56 Å². The molecule has 0 saturated heterocycles. The fourth-order valence-corrected chi connectivity index (χ4v) is 1.72. The third kappa shape index (κ3) is 5.26. The Morgan fingerprint density at radius 3 is 2.79 bits per heavy atom. The molecule has 0 bridgehead atoms. The molecule has 1 atom stereocenters. The van der Waals surface area contributed by atoms with Crippen LogP contribution in [0.5, 0.6) is 0 Å². The number of aliphatic imine (C=N–C) groups is 1. The van der Waals surface area contributed by atoms with Crippen LogP contribution in [-0.2, 0) is 11.3 Å². The van der Waals surface area contributed by atoms with Crippen LogP contribution in [0, 0.1) is 12.7 Å². The lowest BCUT2D eigenvalue weighted by Crippen LogP contribution is -2.43. The monoisotopic (exact) mass is 267 g/mol. The lowest BCUT2D eigenvalue weighted by Gasteiger charge is -2.17. The molecule has 1 unspecified atom stereocenters. The van der Waals surface area contributed by atoms with Crippen molar-refractivity contribution < 1.29 is 9.13 Å². The van der Waals surface area contributed by atoms with Crippen LogP contribution < -0.4 is 10.6 Å². The van der Waals surface area contributed by atoms with Crippen molar-refractivity contribution in [3.05, 3.63) is 35.1 Å². The van der Waals surface area contributed by atoms with E-state index < -0.39 is 0 Å². The predicted molar refractivity (Wildman–Crippen MR) is 75.8 cm³/mol. The Hall–Kier alpha value is -1.62. The van der Waals surface area contributed by atoms with Gasteiger partial charge in [-0.05, 0) is 31.0 Å². The Morgan fingerprint density at radius 2 is 2.21 bits per heavy atom. The number of nitrogens with one attached hydrogen (secondary N) is 2. The van der Waals surface area contributed by atoms with Gasteiger partial charge >= 0.3 is 0 Å². The molecule has 0 spiro atoms. The number of guanidine groups is 1. The Kier molecular flexibility index (Phi) is 6.29. The number of halogens is 1. The summed E-state index contributed by atoms with van der Waals surface area (Å²) in [7, 11) is 3.38. The molecule has 0 radical (unpaired) electrons. The van der Waals surface area contributed by atoms with E-state index in [-0.39, 0.29) is 11.9 Å². The third-order valence-electron chi connectivity index (χ3n) is 2.71. The maximum atomic E-state index is 13.2. The van der Waals surface area contributed by atoms with E-state index in [1.807, 2.05) is 13.0 Å². The molecule has 4 nitrogen and oxygen atoms in total. The summed E-state index contributed by atoms with van der Waals surface area (Å²) in [4.78, 5) is 4.13. The molecule has 1 aromatic carbocycles. The third-order valence-corrected chi connectivity index (χ3v) is 2.71. The average molecular weight is 267 g/mol. The van der Waals surface area contributed by atoms with Crippen LogP contribution in [0.4, 0.5) is 4.39 Å². The fraction of sp³-hybridized carbons (Fsp3) is 0.500. The Morgan fingerprint density at radius 1 is 1.47 bits per heavy atom. The molecule has 0 aliphatic rings. The van der Waals surface area contributed by atoms with Gasteiger partial charge in [0.05, 0.1) is 6.61 Å². The second-order valence-corrected chi connectivity index (χ2v) is 4.51. The van der Waals surface area contributed by atoms with E-state index in [1.54, 1.807) is 27.1 Å². The second kappa shape index (κ2) is 7.74. The van der Waals surface area contributed by atoms with Crippen molar-refractivity contribution in [2.24, 2.45) is 4.99 Å². The van der Waals surface area contributed by atoms with Gasteiger partial charge in [0.25, 0.3) is 0 Å². The summed E-state index contributed by atoms with van der Waals surface area (Å²) >= 11 is 0. The minimum absolute atomic E-state index is 0.172. The molecule has 0 aliphatic carbocycles. The summed E-state index contributed by atoms with van der Waals surface area (Å²) in [5.41, 5.74) is 1.66. The molecule has 19 heavy (non-hydrogen) atoms. The van der Waals surface area contributed by atoms with Crippen molar-refractivity contribution in [2.45, 2.75) is 26.4 Å². The van der Waals surface area contributed by atoms with Gasteiger partial charge in [0, 0.05) is 26.7 Å². The zero-order chi connectivity index (χ0) is 14.3. The Bertz CT molecular complexity index is 435. The van der Waals surface area contributed by atoms with E-state index in [9.17, 15) is 4.39 Å². The van der Waals surface area contributed by atoms with Gasteiger partial charge < -0.3 is 15.4 Å². The molecule has 0 heterocycles. The van der Waals surface area contributed by atoms with Gasteiger partial charge in [0.1, 0.15) is 5.82 Å². The molecule has 0 amide bonds. The van der Waals surface area contributed by atoms with Crippen molar-refractivity contribution in [1.29, 1.82) is 0 Å². The summed E-state index contributed by atoms with van der Waals surface area (Å²) in [5, 5.41) is 6.39. The van der Waals surface area contributed by atoms with Crippen molar-refractivity contribution in [2.75, 3.05) is 20.8 Å². The summed E-state index contributed by atoms with van der Waals surface area (Å²) in [6, 6.07) is 5.25. The van der Waals surface area contributed by atoms with E-state index in [4.69, 9.17) is 4.74 Å². The number of methoxy groups -OCH3 is 1. The number of benzene rings is 1. The van der Waals surface area contributed by atoms with Gasteiger partial charge in [-0.25, -0.2) is 4.39 Å². The fourth-order valence-electron chi connectivity index (χ4n) is 1.72. The molecule has 1 aromatic rings. The van der Waals surface area contributed by atoms with Gasteiger partial charge in [-0.3, -0.25) is 4.99 Å². The maximum Gasteiger partial charge on any atom is 0.191 e. The molecular weight excluding hydrogens is 245 g/mol. The number of nitrogens with zero attached hydrogens (tertiary/aromatic N) is 1. The number of hydrogen-bond acceptors (Lipinski definition) is 2. The summed E-state index contributed by atoms with van der Waals surface area (Å²) in [6.07, 6.45) is 0. The van der Waals surface area contributed by atoms with Gasteiger partial charge in [0.2, 0.25) is 0 Å². The molecule has 0 saturated carbocycles. The van der Waals surface area contributed by atoms with Crippen molar-refractivity contribution in [3.63, 3.8) is 0 Å². The average Bonchev–Trinajstić information content (AvgIpc) is 2.38. The first-order valence-corrected chi connectivity index (χ1v) is 6.28. The van der Waals surface area contributed by atoms with Gasteiger partial charge in [0.15, 0.2) is 5.96 Å². The minimum Gasteiger partial charge on any atom is -0.383 e. The highest BCUT2D eigenvalue weighted by molar-refractivity contribution is 5.79. The number of hydrogen-bond donors (Lipinski definition) is 2. The zero-order valence-corrected chi connectivity index (χ0v) is 12.0. The first kappa shape index (κ1) is 15.4. The van der Waals surface area contributed by atoms with Crippen molar-refractivity contribution in [3.8, 4) is 0 Å². The first-order valence-electron chi connectivity index (χ1n) is 6.28. The Balaban J connectivity index is 2.51. The standard InChI is InChI=1S/C14H22FN3O/c1-10-7-12(5-6-13(10)15)8-17-14(16-3)18-11(2)9-19-4/h5-7,11H,8-9H2,1-4H3,(H2,16,17,18). The van der Waals surface area contributed by atoms with Gasteiger partial charge in [-0.2, -0.15) is 0 Å². The van der Waals surface area contributed by atoms with Crippen LogP contribution in [0.25, 0.3) is 0 Å². The van der Waals surface area contributed by atoms with Crippen LogP contribution in [0.3, 0.4) is 0 Å². The molecule has 1 rings (SSSR count). The highest BCUT2D eigenvalue weighted by Crippen LogP contribution is 2.08. The maximum absolute atomic E-state index is 13.2. The van der Waals surface area contributed by atoms with E-state index >= 15 is 0 Å². The molecule has 0 fully saturated rings. The number of ether oxygens (including phenoxy) is 1. The highest BCUT2D eigenvalue weighted by atomic mass is 19.1. The summed E-state index contributed by atoms with van der Waals surface area (Å²) in [5.74, 6) is 0.520. The van der Waals surface area contributed by atoms with E-state index in [2.05, 4.69) is 15.6 Å². The Labute approximate surface area is 114 Å². The van der Waals surface area contributed by atoms with Crippen molar-refractivity contribution >= 4 is 5.96 Å². The van der Waals surface area contributed by atoms with Crippen LogP contribution in [0.1, 0.15) is 18.1 Å². The number of aryl methyl sites for hydroxylation is 1. The van der Waals surface area contributed by atoms with Crippen LogP contribution in [0.15, 0.2) is 23.2 Å². The van der Waals surface area contributed by atoms with Crippen molar-refractivity contribution in [1.82, 2.24) is 10.6 Å². The zero-order valence-electron chi connectivity index (χ0n) is 12.0. The number of rotatable bonds is 5. The van der Waals surface area contributed by atoms with Crippen LogP contribution in [0.2, 0.25) is 0 Å². The molecular formula is C14H22FN3O. The smallest absolute Gasteiger partial charge is 0.191 e. The molecule has 0 aliphatic heterocycles. The van der Waals surface area contributed by atoms with Crippen LogP contribution in [-0.4, -0.2) is 32.8 Å². The SMILES string of the molecule is CN=C(NCc1ccc(F)c(C)c1)NC(C)COC. The lowest BCUT2D eigenvalue weighted by molar-refractivity contribution is 0.179. The molecule has 2 N–H and O–H groups in total. The first-order chi connectivity index (χ1) is 9.06. The molecule has 106 valence electrons. The van der Waals surface area contributed by atoms with E-state index in [1.165, 1.54) is 6.07 Å². The van der Waals surface area contributed by atoms with Gasteiger partial charge in [-0.1, -0.05) is 12.1 Å². The quantitative estimate of drug-likeness (QED) is 0.632. The highest BCUT2D eigenvalue weighted by Gasteiger charge is 2.05. The summed E-state index contributed by atoms with van der Waals surface area (Å²) < 4.78 is 18.2. The normalized spacial score (nSPS) is 13.2. The molecule has 0 aromatic heterocycles. The summed E-state index contributed by atoms with van der Waals surface area (Å²) in [6.45, 7) is 4.97. The lowest BCUT2D eigenvalue weighted by atomic mass is 10.1. The largest absolute Gasteiger partial charge is 0.383 e. The minimum atomic E-state index is -0.181. The second-order valence-electron chi connectivity index (χ2n) is 4.51. The van der Waals surface area contributed by atoms with Crippen LogP contribution >= 0.6 is 0 Å². The molecule has 5 heteroatoms. The van der Waals surface area contributed by atoms with Gasteiger partial charge in [-0.15, -0.1) is 0 Å². The van der Waals surface area contributed by atoms with E-state index in [0.29, 0.717) is 24.7 Å². The topological polar surface area (TPSA) is 45.7 Å². The predicted octanol–water partition coefficient (Wildman–Crippen LogP) is 1.83.